The van der Waals surface area contributed by atoms with Crippen LogP contribution in [0, 0.1) is 0 Å². The van der Waals surface area contributed by atoms with Gasteiger partial charge >= 0.3 is 7.60 Å². The van der Waals surface area contributed by atoms with Crippen molar-refractivity contribution < 1.29 is 18.5 Å². The highest BCUT2D eigenvalue weighted by atomic mass is 31.2. The molecule has 32 heavy (non-hydrogen) atoms. The summed E-state index contributed by atoms with van der Waals surface area (Å²) in [6, 6.07) is 0. The number of hydrogen-bond acceptors (Lipinski definition) is 2. The predicted molar refractivity (Wildman–Crippen MR) is 141 cm³/mol. The van der Waals surface area contributed by atoms with E-state index in [2.05, 4.69) is 26.0 Å². The van der Waals surface area contributed by atoms with Gasteiger partial charge in [-0.2, -0.15) is 0 Å². The van der Waals surface area contributed by atoms with Gasteiger partial charge in [-0.25, -0.2) is 0 Å². The van der Waals surface area contributed by atoms with Crippen molar-refractivity contribution in [2.75, 3.05) is 27.7 Å². The Hall–Kier alpha value is -0.150. The lowest BCUT2D eigenvalue weighted by Crippen LogP contribution is -2.45. The minimum atomic E-state index is -3.57. The molecule has 0 rings (SSSR count). The van der Waals surface area contributed by atoms with Crippen molar-refractivity contribution in [1.82, 2.24) is 0 Å². The first-order valence-corrected chi connectivity index (χ1v) is 15.3. The molecule has 0 radical (unpaired) electrons. The van der Waals surface area contributed by atoms with E-state index in [9.17, 15) is 9.46 Å². The fourth-order valence-electron chi connectivity index (χ4n) is 4.23. The monoisotopic (exact) mass is 474 g/mol. The average molecular weight is 475 g/mol. The lowest BCUT2D eigenvalue weighted by molar-refractivity contribution is -0.883. The van der Waals surface area contributed by atoms with Gasteiger partial charge in [-0.05, 0) is 38.5 Å². The molecule has 0 spiro atoms. The fourth-order valence-corrected chi connectivity index (χ4v) is 6.25. The van der Waals surface area contributed by atoms with Crippen LogP contribution in [0.5, 0.6) is 0 Å². The molecular weight excluding hydrogens is 417 g/mol. The number of unbranched alkanes of at least 4 members (excludes halogenated alkanes) is 14. The van der Waals surface area contributed by atoms with Crippen LogP contribution in [0.15, 0.2) is 12.2 Å². The largest absolute Gasteiger partial charge is 0.385 e. The predicted octanol–water partition coefficient (Wildman–Crippen LogP) is 8.84. The Labute approximate surface area is 201 Å². The summed E-state index contributed by atoms with van der Waals surface area (Å²) in [5.74, 6) is -0.338. The van der Waals surface area contributed by atoms with E-state index >= 15 is 0 Å². The Morgan fingerprint density at radius 1 is 0.719 bits per heavy atom. The molecule has 192 valence electrons. The standard InChI is InChI=1S/C27H56NO3P/c1-6-8-9-10-11-12-13-14-15-16-17-18-19-20-21-22-23-24-26-31-32(29,30)27(25-7-2)28(3,4)5/h17-18,27H,6-16,19-26H2,1-5H3/p+1/b18-17-. The van der Waals surface area contributed by atoms with Crippen LogP contribution in [0.25, 0.3) is 0 Å². The number of quaternary nitrogens is 1. The van der Waals surface area contributed by atoms with Crippen LogP contribution in [0.4, 0.5) is 0 Å². The maximum Gasteiger partial charge on any atom is 0.385 e. The maximum absolute atomic E-state index is 12.6. The normalized spacial score (nSPS) is 15.3. The van der Waals surface area contributed by atoms with Crippen molar-refractivity contribution in [3.63, 3.8) is 0 Å². The van der Waals surface area contributed by atoms with Crippen LogP contribution in [-0.2, 0) is 9.09 Å². The van der Waals surface area contributed by atoms with Crippen LogP contribution in [0.1, 0.15) is 129 Å². The zero-order valence-electron chi connectivity index (χ0n) is 22.3. The molecule has 0 saturated carbocycles. The molecule has 0 amide bonds. The Balaban J connectivity index is 3.56. The fraction of sp³-hybridized carbons (Fsp3) is 0.926. The van der Waals surface area contributed by atoms with Gasteiger partial charge in [0.15, 0.2) is 5.78 Å². The second kappa shape index (κ2) is 20.2. The Morgan fingerprint density at radius 2 is 1.16 bits per heavy atom. The first kappa shape index (κ1) is 31.9. The summed E-state index contributed by atoms with van der Waals surface area (Å²) in [7, 11) is 2.34. The molecule has 0 saturated heterocycles. The molecule has 0 bridgehead atoms. The summed E-state index contributed by atoms with van der Waals surface area (Å²) < 4.78 is 18.6. The Kier molecular flexibility index (Phi) is 20.1. The van der Waals surface area contributed by atoms with E-state index < -0.39 is 7.60 Å². The molecule has 0 aromatic carbocycles. The first-order valence-electron chi connectivity index (χ1n) is 13.7. The molecule has 1 N–H and O–H groups in total. The van der Waals surface area contributed by atoms with E-state index in [1.165, 1.54) is 89.9 Å². The summed E-state index contributed by atoms with van der Waals surface area (Å²) in [5.41, 5.74) is 0. The molecule has 0 aliphatic heterocycles. The summed E-state index contributed by atoms with van der Waals surface area (Å²) in [6.07, 6.45) is 26.9. The molecule has 0 aliphatic rings. The van der Waals surface area contributed by atoms with Crippen molar-refractivity contribution in [2.45, 2.75) is 135 Å². The zero-order valence-corrected chi connectivity index (χ0v) is 23.2. The van der Waals surface area contributed by atoms with Crippen molar-refractivity contribution in [2.24, 2.45) is 0 Å². The van der Waals surface area contributed by atoms with Gasteiger partial charge in [-0.3, -0.25) is 4.57 Å². The maximum atomic E-state index is 12.6. The number of allylic oxidation sites excluding steroid dienone is 2. The molecule has 4 nitrogen and oxygen atoms in total. The number of hydrogen-bond donors (Lipinski definition) is 1. The van der Waals surface area contributed by atoms with E-state index in [-0.39, 0.29) is 5.78 Å². The third-order valence-corrected chi connectivity index (χ3v) is 8.51. The van der Waals surface area contributed by atoms with Crippen molar-refractivity contribution >= 4 is 7.60 Å². The SMILES string of the molecule is CCCCCCCCCCC/C=C\CCCCCCCOP(=O)(O)C(CCC)[N+](C)(C)C. The van der Waals surface area contributed by atoms with Gasteiger partial charge in [0, 0.05) is 6.42 Å². The Morgan fingerprint density at radius 3 is 1.59 bits per heavy atom. The van der Waals surface area contributed by atoms with Gasteiger partial charge in [0.1, 0.15) is 0 Å². The van der Waals surface area contributed by atoms with E-state index in [1.54, 1.807) is 0 Å². The van der Waals surface area contributed by atoms with Gasteiger partial charge in [0.05, 0.1) is 27.7 Å². The van der Waals surface area contributed by atoms with E-state index in [0.29, 0.717) is 17.5 Å². The van der Waals surface area contributed by atoms with Crippen molar-refractivity contribution in [3.8, 4) is 0 Å². The smallest absolute Gasteiger partial charge is 0.320 e. The lowest BCUT2D eigenvalue weighted by atomic mass is 10.1. The van der Waals surface area contributed by atoms with Gasteiger partial charge in [-0.15, -0.1) is 0 Å². The second-order valence-electron chi connectivity index (χ2n) is 10.4. The summed E-state index contributed by atoms with van der Waals surface area (Å²) in [6.45, 7) is 4.72. The quantitative estimate of drug-likeness (QED) is 0.0696. The zero-order chi connectivity index (χ0) is 24.1. The highest BCUT2D eigenvalue weighted by Crippen LogP contribution is 2.51. The molecular formula is C27H57NO3P+. The van der Waals surface area contributed by atoms with Crippen molar-refractivity contribution in [1.29, 1.82) is 0 Å². The summed E-state index contributed by atoms with van der Waals surface area (Å²) in [5, 5.41) is 0. The van der Waals surface area contributed by atoms with E-state index in [4.69, 9.17) is 4.52 Å². The first-order chi connectivity index (χ1) is 15.3. The van der Waals surface area contributed by atoms with Crippen LogP contribution < -0.4 is 0 Å². The molecule has 2 atom stereocenters. The van der Waals surface area contributed by atoms with E-state index in [1.807, 2.05) is 21.1 Å². The number of nitrogens with zero attached hydrogens (tertiary/aromatic N) is 1. The van der Waals surface area contributed by atoms with Crippen LogP contribution in [-0.4, -0.2) is 42.9 Å². The van der Waals surface area contributed by atoms with Gasteiger partial charge in [-0.1, -0.05) is 96.6 Å². The van der Waals surface area contributed by atoms with E-state index in [0.717, 1.165) is 19.3 Å². The second-order valence-corrected chi connectivity index (χ2v) is 12.4. The number of rotatable bonds is 23. The Bertz CT molecular complexity index is 488. The molecule has 5 heteroatoms. The molecule has 0 heterocycles. The molecule has 2 unspecified atom stereocenters. The van der Waals surface area contributed by atoms with Crippen LogP contribution >= 0.6 is 7.60 Å². The highest BCUT2D eigenvalue weighted by Gasteiger charge is 2.41. The molecule has 0 aromatic heterocycles. The third kappa shape index (κ3) is 18.3. The summed E-state index contributed by atoms with van der Waals surface area (Å²) >= 11 is 0. The minimum Gasteiger partial charge on any atom is -0.320 e. The average Bonchev–Trinajstić information content (AvgIpc) is 2.72. The molecule has 0 aliphatic carbocycles. The highest BCUT2D eigenvalue weighted by molar-refractivity contribution is 7.53. The van der Waals surface area contributed by atoms with Crippen LogP contribution in [0.3, 0.4) is 0 Å². The third-order valence-electron chi connectivity index (χ3n) is 6.25. The van der Waals surface area contributed by atoms with Crippen LogP contribution in [0.2, 0.25) is 0 Å². The molecule has 0 fully saturated rings. The minimum absolute atomic E-state index is 0.338. The topological polar surface area (TPSA) is 46.5 Å². The molecule has 0 aromatic rings. The van der Waals surface area contributed by atoms with Gasteiger partial charge in [0.2, 0.25) is 0 Å². The lowest BCUT2D eigenvalue weighted by Gasteiger charge is -2.35. The van der Waals surface area contributed by atoms with Gasteiger partial charge in [0.25, 0.3) is 0 Å². The summed E-state index contributed by atoms with van der Waals surface area (Å²) in [4.78, 5) is 10.4. The van der Waals surface area contributed by atoms with Crippen molar-refractivity contribution in [3.05, 3.63) is 12.2 Å². The van der Waals surface area contributed by atoms with Gasteiger partial charge < -0.3 is 13.9 Å².